The second-order valence-corrected chi connectivity index (χ2v) is 5.61. The van der Waals surface area contributed by atoms with Gasteiger partial charge in [0.1, 0.15) is 11.9 Å². The normalized spacial score (nSPS) is 13.4. The fourth-order valence-electron chi connectivity index (χ4n) is 2.57. The molecular formula is C19H22O4. The van der Waals surface area contributed by atoms with Crippen LogP contribution in [0.15, 0.2) is 42.5 Å². The third-order valence-electron chi connectivity index (χ3n) is 3.82. The molecule has 4 heteroatoms. The molecule has 2 aromatic carbocycles. The van der Waals surface area contributed by atoms with Gasteiger partial charge in [0.15, 0.2) is 6.10 Å². The van der Waals surface area contributed by atoms with E-state index < -0.39 is 12.1 Å². The molecule has 2 atom stereocenters. The third-order valence-corrected chi connectivity index (χ3v) is 3.82. The highest BCUT2D eigenvalue weighted by Crippen LogP contribution is 2.31. The molecule has 2 unspecified atom stereocenters. The Bertz CT molecular complexity index is 694. The van der Waals surface area contributed by atoms with Crippen molar-refractivity contribution < 1.29 is 19.4 Å². The lowest BCUT2D eigenvalue weighted by Crippen LogP contribution is -2.17. The maximum Gasteiger partial charge on any atom is 0.337 e. The van der Waals surface area contributed by atoms with Crippen LogP contribution < -0.4 is 4.74 Å². The molecule has 4 nitrogen and oxygen atoms in total. The average Bonchev–Trinajstić information content (AvgIpc) is 2.51. The molecule has 1 N–H and O–H groups in total. The van der Waals surface area contributed by atoms with Crippen molar-refractivity contribution in [1.82, 2.24) is 0 Å². The Labute approximate surface area is 136 Å². The Hall–Kier alpha value is -2.33. The van der Waals surface area contributed by atoms with E-state index in [-0.39, 0.29) is 6.10 Å². The van der Waals surface area contributed by atoms with Crippen LogP contribution in [0.4, 0.5) is 0 Å². The summed E-state index contributed by atoms with van der Waals surface area (Å²) in [5.41, 5.74) is 3.58. The minimum Gasteiger partial charge on any atom is -0.486 e. The van der Waals surface area contributed by atoms with Crippen LogP contribution in [0.2, 0.25) is 0 Å². The maximum absolute atomic E-state index is 11.4. The lowest BCUT2D eigenvalue weighted by molar-refractivity contribution is -0.149. The van der Waals surface area contributed by atoms with E-state index in [1.54, 1.807) is 12.1 Å². The fourth-order valence-corrected chi connectivity index (χ4v) is 2.57. The summed E-state index contributed by atoms with van der Waals surface area (Å²) in [7, 11) is 1.39. The molecule has 0 fully saturated rings. The number of aryl methyl sites for hydroxylation is 2. The molecule has 0 aliphatic carbocycles. The van der Waals surface area contributed by atoms with Gasteiger partial charge in [-0.1, -0.05) is 36.4 Å². The molecule has 0 aliphatic rings. The number of carboxylic acid groups (broad SMARTS) is 1. The Kier molecular flexibility index (Phi) is 5.40. The van der Waals surface area contributed by atoms with Crippen LogP contribution in [0.1, 0.15) is 41.4 Å². The summed E-state index contributed by atoms with van der Waals surface area (Å²) in [5, 5.41) is 9.34. The Morgan fingerprint density at radius 3 is 2.35 bits per heavy atom. The number of aliphatic carboxylic acids is 1. The largest absolute Gasteiger partial charge is 0.486 e. The van der Waals surface area contributed by atoms with Crippen molar-refractivity contribution in [3.63, 3.8) is 0 Å². The Morgan fingerprint density at radius 1 is 1.09 bits per heavy atom. The average molecular weight is 314 g/mol. The first kappa shape index (κ1) is 17.0. The van der Waals surface area contributed by atoms with E-state index in [1.165, 1.54) is 7.11 Å². The van der Waals surface area contributed by atoms with Crippen LogP contribution >= 0.6 is 0 Å². The van der Waals surface area contributed by atoms with Gasteiger partial charge >= 0.3 is 5.97 Å². The molecule has 122 valence electrons. The highest BCUT2D eigenvalue weighted by atomic mass is 16.5. The number of benzene rings is 2. The standard InChI is InChI=1S/C19H22O4/c1-12-9-10-13(2)17(11-12)23-14(3)15-7-5-6-8-16(15)18(22-4)19(20)21/h5-11,14,18H,1-4H3,(H,20,21). The zero-order valence-corrected chi connectivity index (χ0v) is 13.9. The van der Waals surface area contributed by atoms with Crippen molar-refractivity contribution in [2.24, 2.45) is 0 Å². The van der Waals surface area contributed by atoms with E-state index in [0.717, 1.165) is 22.4 Å². The maximum atomic E-state index is 11.4. The molecule has 2 rings (SSSR count). The Balaban J connectivity index is 2.34. The smallest absolute Gasteiger partial charge is 0.337 e. The molecule has 0 saturated heterocycles. The van der Waals surface area contributed by atoms with Gasteiger partial charge in [0.25, 0.3) is 0 Å². The van der Waals surface area contributed by atoms with Crippen molar-refractivity contribution in [3.8, 4) is 5.75 Å². The molecule has 0 radical (unpaired) electrons. The second-order valence-electron chi connectivity index (χ2n) is 5.61. The number of hydrogen-bond donors (Lipinski definition) is 1. The van der Waals surface area contributed by atoms with Gasteiger partial charge in [0, 0.05) is 7.11 Å². The molecule has 0 spiro atoms. The predicted molar refractivity (Wildman–Crippen MR) is 88.8 cm³/mol. The summed E-state index contributed by atoms with van der Waals surface area (Å²) in [6.07, 6.45) is -1.29. The van der Waals surface area contributed by atoms with Crippen molar-refractivity contribution in [3.05, 3.63) is 64.7 Å². The summed E-state index contributed by atoms with van der Waals surface area (Å²) in [4.78, 5) is 11.4. The van der Waals surface area contributed by atoms with E-state index in [4.69, 9.17) is 9.47 Å². The number of carbonyl (C=O) groups is 1. The van der Waals surface area contributed by atoms with E-state index in [2.05, 4.69) is 0 Å². The van der Waals surface area contributed by atoms with Crippen LogP contribution in [0.5, 0.6) is 5.75 Å². The summed E-state index contributed by atoms with van der Waals surface area (Å²) < 4.78 is 11.2. The van der Waals surface area contributed by atoms with Gasteiger partial charge in [0.2, 0.25) is 0 Å². The summed E-state index contributed by atoms with van der Waals surface area (Å²) in [6, 6.07) is 13.3. The number of ether oxygens (including phenoxy) is 2. The van der Waals surface area contributed by atoms with Gasteiger partial charge in [-0.05, 0) is 49.1 Å². The first-order valence-electron chi connectivity index (χ1n) is 7.52. The topological polar surface area (TPSA) is 55.8 Å². The van der Waals surface area contributed by atoms with Crippen LogP contribution in [-0.4, -0.2) is 18.2 Å². The van der Waals surface area contributed by atoms with Crippen LogP contribution in [0.25, 0.3) is 0 Å². The molecule has 2 aromatic rings. The van der Waals surface area contributed by atoms with Gasteiger partial charge in [0.05, 0.1) is 0 Å². The third kappa shape index (κ3) is 3.90. The first-order valence-corrected chi connectivity index (χ1v) is 7.52. The molecule has 0 aromatic heterocycles. The molecule has 0 amide bonds. The summed E-state index contributed by atoms with van der Waals surface area (Å²) in [5.74, 6) is -0.213. The summed E-state index contributed by atoms with van der Waals surface area (Å²) >= 11 is 0. The van der Waals surface area contributed by atoms with Crippen molar-refractivity contribution in [1.29, 1.82) is 0 Å². The molecule has 0 bridgehead atoms. The van der Waals surface area contributed by atoms with E-state index >= 15 is 0 Å². The number of carboxylic acids is 1. The zero-order chi connectivity index (χ0) is 17.0. The van der Waals surface area contributed by atoms with Crippen LogP contribution in [0.3, 0.4) is 0 Å². The molecule has 0 heterocycles. The number of hydrogen-bond acceptors (Lipinski definition) is 3. The van der Waals surface area contributed by atoms with Gasteiger partial charge in [-0.2, -0.15) is 0 Å². The lowest BCUT2D eigenvalue weighted by atomic mass is 9.98. The van der Waals surface area contributed by atoms with E-state index in [1.807, 2.05) is 51.1 Å². The number of methoxy groups -OCH3 is 1. The van der Waals surface area contributed by atoms with Crippen molar-refractivity contribution >= 4 is 5.97 Å². The molecular weight excluding hydrogens is 292 g/mol. The summed E-state index contributed by atoms with van der Waals surface area (Å²) in [6.45, 7) is 5.91. The van der Waals surface area contributed by atoms with Crippen LogP contribution in [0, 0.1) is 13.8 Å². The predicted octanol–water partition coefficient (Wildman–Crippen LogP) is 4.22. The van der Waals surface area contributed by atoms with Gasteiger partial charge in [-0.3, -0.25) is 0 Å². The van der Waals surface area contributed by atoms with Gasteiger partial charge < -0.3 is 14.6 Å². The zero-order valence-electron chi connectivity index (χ0n) is 13.9. The van der Waals surface area contributed by atoms with E-state index in [0.29, 0.717) is 5.56 Å². The highest BCUT2D eigenvalue weighted by molar-refractivity contribution is 5.75. The van der Waals surface area contributed by atoms with Crippen LogP contribution in [-0.2, 0) is 9.53 Å². The van der Waals surface area contributed by atoms with Crippen molar-refractivity contribution in [2.75, 3.05) is 7.11 Å². The lowest BCUT2D eigenvalue weighted by Gasteiger charge is -2.22. The fraction of sp³-hybridized carbons (Fsp3) is 0.316. The monoisotopic (exact) mass is 314 g/mol. The molecule has 23 heavy (non-hydrogen) atoms. The Morgan fingerprint density at radius 2 is 1.74 bits per heavy atom. The highest BCUT2D eigenvalue weighted by Gasteiger charge is 2.24. The van der Waals surface area contributed by atoms with Gasteiger partial charge in [-0.15, -0.1) is 0 Å². The molecule has 0 saturated carbocycles. The van der Waals surface area contributed by atoms with Crippen molar-refractivity contribution in [2.45, 2.75) is 33.0 Å². The van der Waals surface area contributed by atoms with Gasteiger partial charge in [-0.25, -0.2) is 4.79 Å². The quantitative estimate of drug-likeness (QED) is 0.867. The minimum atomic E-state index is -1.01. The molecule has 0 aliphatic heterocycles. The second kappa shape index (κ2) is 7.29. The minimum absolute atomic E-state index is 0.288. The SMILES string of the molecule is COC(C(=O)O)c1ccccc1C(C)Oc1cc(C)ccc1C. The van der Waals surface area contributed by atoms with E-state index in [9.17, 15) is 9.90 Å². The first-order chi connectivity index (χ1) is 10.9. The number of rotatable bonds is 6.